The smallest absolute Gasteiger partial charge is 0.228 e. The van der Waals surface area contributed by atoms with E-state index in [9.17, 15) is 0 Å². The summed E-state index contributed by atoms with van der Waals surface area (Å²) >= 11 is 6.22. The summed E-state index contributed by atoms with van der Waals surface area (Å²) in [5, 5.41) is 6.78. The lowest BCUT2D eigenvalue weighted by Crippen LogP contribution is -2.25. The number of rotatable bonds is 14. The molecular formula is C26H36ClN5O. The topological polar surface area (TPSA) is 62.3 Å². The zero-order chi connectivity index (χ0) is 23.7. The summed E-state index contributed by atoms with van der Waals surface area (Å²) in [4.78, 5) is 11.1. The molecule has 0 saturated carbocycles. The van der Waals surface area contributed by atoms with Crippen LogP contribution in [0.1, 0.15) is 26.7 Å². The number of nitrogens with zero attached hydrogens (tertiary/aromatic N) is 3. The number of ether oxygens (including phenoxy) is 1. The van der Waals surface area contributed by atoms with Crippen molar-refractivity contribution < 1.29 is 4.74 Å². The van der Waals surface area contributed by atoms with Crippen molar-refractivity contribution in [1.29, 1.82) is 0 Å². The van der Waals surface area contributed by atoms with Crippen molar-refractivity contribution in [2.24, 2.45) is 0 Å². The van der Waals surface area contributed by atoms with Gasteiger partial charge < -0.3 is 20.3 Å². The quantitative estimate of drug-likeness (QED) is 0.266. The molecule has 7 heteroatoms. The van der Waals surface area contributed by atoms with Crippen LogP contribution in [0.5, 0.6) is 0 Å². The van der Waals surface area contributed by atoms with Gasteiger partial charge in [-0.25, -0.2) is 4.98 Å². The Morgan fingerprint density at radius 2 is 2.06 bits per heavy atom. The van der Waals surface area contributed by atoms with Crippen LogP contribution in [0, 0.1) is 0 Å². The first kappa shape index (κ1) is 26.6. The third kappa shape index (κ3) is 11.1. The molecule has 0 aliphatic carbocycles. The lowest BCUT2D eigenvalue weighted by molar-refractivity contribution is 0.0947. The first-order valence-electron chi connectivity index (χ1n) is 11.4. The molecule has 1 unspecified atom stereocenters. The van der Waals surface area contributed by atoms with E-state index in [0.29, 0.717) is 23.3 Å². The first-order chi connectivity index (χ1) is 16.1. The summed E-state index contributed by atoms with van der Waals surface area (Å²) in [6, 6.07) is 0. The van der Waals surface area contributed by atoms with Crippen molar-refractivity contribution in [3.05, 3.63) is 84.3 Å². The van der Waals surface area contributed by atoms with Gasteiger partial charge >= 0.3 is 0 Å². The molecule has 1 atom stereocenters. The molecule has 0 spiro atoms. The molecule has 1 fully saturated rings. The number of likely N-dealkylation sites (tertiary alicyclic amines) is 1. The van der Waals surface area contributed by atoms with Crippen LogP contribution in [-0.4, -0.2) is 53.8 Å². The Hall–Kier alpha value is -2.67. The van der Waals surface area contributed by atoms with Crippen LogP contribution in [0.15, 0.2) is 79.2 Å². The minimum absolute atomic E-state index is 0.0394. The van der Waals surface area contributed by atoms with Crippen molar-refractivity contribution in [2.45, 2.75) is 32.8 Å². The van der Waals surface area contributed by atoms with E-state index in [1.165, 1.54) is 25.9 Å². The Balaban J connectivity index is 1.81. The molecule has 2 heterocycles. The van der Waals surface area contributed by atoms with Gasteiger partial charge in [0.2, 0.25) is 5.95 Å². The highest BCUT2D eigenvalue weighted by Gasteiger charge is 2.11. The van der Waals surface area contributed by atoms with Gasteiger partial charge in [0.15, 0.2) is 5.82 Å². The maximum Gasteiger partial charge on any atom is 0.228 e. The molecule has 1 aromatic rings. The van der Waals surface area contributed by atoms with E-state index in [-0.39, 0.29) is 6.10 Å². The highest BCUT2D eigenvalue weighted by atomic mass is 35.5. The highest BCUT2D eigenvalue weighted by molar-refractivity contribution is 6.32. The molecule has 0 radical (unpaired) electrons. The fraction of sp³-hybridized carbons (Fsp3) is 0.385. The first-order valence-corrected chi connectivity index (χ1v) is 11.8. The van der Waals surface area contributed by atoms with E-state index < -0.39 is 0 Å². The average molecular weight is 470 g/mol. The van der Waals surface area contributed by atoms with Crippen LogP contribution >= 0.6 is 11.6 Å². The lowest BCUT2D eigenvalue weighted by atomic mass is 10.2. The predicted molar refractivity (Wildman–Crippen MR) is 141 cm³/mol. The molecule has 0 aromatic carbocycles. The summed E-state index contributed by atoms with van der Waals surface area (Å²) < 4.78 is 5.98. The molecule has 6 nitrogen and oxygen atoms in total. The molecule has 1 aliphatic rings. The van der Waals surface area contributed by atoms with Gasteiger partial charge in [0.25, 0.3) is 0 Å². The van der Waals surface area contributed by atoms with Gasteiger partial charge in [-0.05, 0) is 45.9 Å². The van der Waals surface area contributed by atoms with Crippen LogP contribution in [0.4, 0.5) is 11.8 Å². The Labute approximate surface area is 203 Å². The van der Waals surface area contributed by atoms with Crippen LogP contribution < -0.4 is 10.6 Å². The number of allylic oxidation sites excluding steroid dienone is 7. The van der Waals surface area contributed by atoms with Gasteiger partial charge in [-0.15, -0.1) is 0 Å². The van der Waals surface area contributed by atoms with Gasteiger partial charge in [0, 0.05) is 19.3 Å². The molecule has 1 aromatic heterocycles. The summed E-state index contributed by atoms with van der Waals surface area (Å²) in [6.07, 6.45) is 23.4. The van der Waals surface area contributed by atoms with Crippen molar-refractivity contribution in [3.8, 4) is 0 Å². The van der Waals surface area contributed by atoms with Crippen LogP contribution in [0.3, 0.4) is 0 Å². The standard InChI is InChI=1S/C26H36ClN5O/c1-4-6-7-13-22(3)20-29-25-24(27)21-30-26(31-25)28-15-9-8-14-23(12-5-2)33-19-18-32-16-10-11-17-32/h4-9,12-15,21,23H,1,10-11,16-20H2,2-3H3,(H2,28,29,30,31)/b7-6-,12-5-,14-8-,15-9+,22-13+. The van der Waals surface area contributed by atoms with E-state index in [4.69, 9.17) is 16.3 Å². The highest BCUT2D eigenvalue weighted by Crippen LogP contribution is 2.19. The van der Waals surface area contributed by atoms with E-state index in [0.717, 1.165) is 18.7 Å². The lowest BCUT2D eigenvalue weighted by Gasteiger charge is -2.16. The molecule has 0 amide bonds. The molecule has 178 valence electrons. The molecule has 0 bridgehead atoms. The third-order valence-corrected chi connectivity index (χ3v) is 5.20. The molecule has 33 heavy (non-hydrogen) atoms. The zero-order valence-corrected chi connectivity index (χ0v) is 20.5. The third-order valence-electron chi connectivity index (χ3n) is 4.93. The minimum Gasteiger partial charge on any atom is -0.369 e. The Bertz CT molecular complexity index is 869. The largest absolute Gasteiger partial charge is 0.369 e. The molecular weight excluding hydrogens is 434 g/mol. The fourth-order valence-corrected chi connectivity index (χ4v) is 3.34. The second kappa shape index (κ2) is 16.0. The monoisotopic (exact) mass is 469 g/mol. The molecule has 1 aliphatic heterocycles. The van der Waals surface area contributed by atoms with Crippen LogP contribution in [0.25, 0.3) is 0 Å². The van der Waals surface area contributed by atoms with Crippen LogP contribution in [-0.2, 0) is 4.74 Å². The Morgan fingerprint density at radius 1 is 1.24 bits per heavy atom. The van der Waals surface area contributed by atoms with Crippen molar-refractivity contribution in [2.75, 3.05) is 43.4 Å². The van der Waals surface area contributed by atoms with Crippen LogP contribution in [0.2, 0.25) is 5.02 Å². The van der Waals surface area contributed by atoms with Crippen molar-refractivity contribution in [3.63, 3.8) is 0 Å². The maximum atomic E-state index is 6.22. The number of anilines is 2. The van der Waals surface area contributed by atoms with E-state index in [1.807, 2.05) is 62.5 Å². The van der Waals surface area contributed by atoms with E-state index >= 15 is 0 Å². The van der Waals surface area contributed by atoms with Gasteiger partial charge in [0.05, 0.1) is 18.9 Å². The summed E-state index contributed by atoms with van der Waals surface area (Å²) in [5.41, 5.74) is 1.14. The van der Waals surface area contributed by atoms with Crippen molar-refractivity contribution >= 4 is 23.4 Å². The van der Waals surface area contributed by atoms with Gasteiger partial charge in [-0.2, -0.15) is 4.98 Å². The number of halogens is 1. The van der Waals surface area contributed by atoms with E-state index in [2.05, 4.69) is 32.1 Å². The summed E-state index contributed by atoms with van der Waals surface area (Å²) in [6.45, 7) is 12.4. The average Bonchev–Trinajstić information content (AvgIpc) is 3.32. The number of aromatic nitrogens is 2. The number of nitrogens with one attached hydrogen (secondary N) is 2. The van der Waals surface area contributed by atoms with Gasteiger partial charge in [0.1, 0.15) is 5.02 Å². The van der Waals surface area contributed by atoms with Crippen molar-refractivity contribution in [1.82, 2.24) is 14.9 Å². The van der Waals surface area contributed by atoms with Gasteiger partial charge in [-0.1, -0.05) is 72.4 Å². The second-order valence-corrected chi connectivity index (χ2v) is 8.08. The predicted octanol–water partition coefficient (Wildman–Crippen LogP) is 5.77. The zero-order valence-electron chi connectivity index (χ0n) is 19.7. The molecule has 2 rings (SSSR count). The fourth-order valence-electron chi connectivity index (χ4n) is 3.18. The number of hydrogen-bond donors (Lipinski definition) is 2. The normalized spacial score (nSPS) is 16.5. The Morgan fingerprint density at radius 3 is 2.82 bits per heavy atom. The summed E-state index contributed by atoms with van der Waals surface area (Å²) in [5.74, 6) is 1.05. The number of hydrogen-bond acceptors (Lipinski definition) is 6. The summed E-state index contributed by atoms with van der Waals surface area (Å²) in [7, 11) is 0. The minimum atomic E-state index is -0.0394. The van der Waals surface area contributed by atoms with Gasteiger partial charge in [-0.3, -0.25) is 0 Å². The second-order valence-electron chi connectivity index (χ2n) is 7.68. The SMILES string of the molecule is C=C/C=C\C=C(/C)CNc1nc(N/C=C/C=C\C(/C=C\C)OCCN2CCCC2)ncc1Cl. The Kier molecular flexibility index (Phi) is 12.9. The maximum absolute atomic E-state index is 6.22. The van der Waals surface area contributed by atoms with E-state index in [1.54, 1.807) is 18.5 Å². The molecule has 2 N–H and O–H groups in total. The molecule has 1 saturated heterocycles.